The number of ether oxygens (including phenoxy) is 1. The Bertz CT molecular complexity index is 620. The Hall–Kier alpha value is -1.89. The molecule has 1 aromatic heterocycles. The summed E-state index contributed by atoms with van der Waals surface area (Å²) in [6, 6.07) is 1.90. The minimum absolute atomic E-state index is 0.0581. The molecule has 0 N–H and O–H groups in total. The summed E-state index contributed by atoms with van der Waals surface area (Å²) in [5, 5.41) is 4.18. The Kier molecular flexibility index (Phi) is 5.42. The van der Waals surface area contributed by atoms with Crippen LogP contribution in [0.25, 0.3) is 0 Å². The number of carbonyl (C=O) groups excluding carboxylic acids is 2. The van der Waals surface area contributed by atoms with E-state index in [-0.39, 0.29) is 17.2 Å². The molecule has 3 rings (SSSR count). The maximum Gasteiger partial charge on any atom is 0.244 e. The molecule has 7 nitrogen and oxygen atoms in total. The SMILES string of the molecule is COCCCN1CC2(CCN(C(=O)Cn3nccc3C)CC2)CC1=O. The molecule has 1 spiro atoms. The Balaban J connectivity index is 1.50. The molecule has 2 saturated heterocycles. The van der Waals surface area contributed by atoms with Gasteiger partial charge in [-0.2, -0.15) is 5.10 Å². The first-order valence-corrected chi connectivity index (χ1v) is 9.06. The Labute approximate surface area is 148 Å². The number of amides is 2. The lowest BCUT2D eigenvalue weighted by molar-refractivity contribution is -0.134. The third kappa shape index (κ3) is 4.03. The van der Waals surface area contributed by atoms with E-state index in [9.17, 15) is 9.59 Å². The van der Waals surface area contributed by atoms with Gasteiger partial charge in [-0.3, -0.25) is 14.3 Å². The fraction of sp³-hybridized carbons (Fsp3) is 0.722. The van der Waals surface area contributed by atoms with Gasteiger partial charge in [-0.1, -0.05) is 0 Å². The van der Waals surface area contributed by atoms with Crippen LogP contribution in [0, 0.1) is 12.3 Å². The molecule has 0 radical (unpaired) electrons. The lowest BCUT2D eigenvalue weighted by Gasteiger charge is -2.38. The lowest BCUT2D eigenvalue weighted by atomic mass is 9.77. The van der Waals surface area contributed by atoms with Crippen LogP contribution in [0.2, 0.25) is 0 Å². The van der Waals surface area contributed by atoms with Gasteiger partial charge in [0.15, 0.2) is 0 Å². The van der Waals surface area contributed by atoms with Gasteiger partial charge < -0.3 is 14.5 Å². The maximum atomic E-state index is 12.5. The summed E-state index contributed by atoms with van der Waals surface area (Å²) in [6.45, 7) is 6.01. The van der Waals surface area contributed by atoms with Crippen LogP contribution in [-0.4, -0.2) is 71.3 Å². The molecule has 0 unspecified atom stereocenters. The second kappa shape index (κ2) is 7.56. The van der Waals surface area contributed by atoms with Crippen LogP contribution in [0.3, 0.4) is 0 Å². The second-order valence-corrected chi connectivity index (χ2v) is 7.35. The van der Waals surface area contributed by atoms with Crippen LogP contribution >= 0.6 is 0 Å². The van der Waals surface area contributed by atoms with Gasteiger partial charge in [0.05, 0.1) is 0 Å². The van der Waals surface area contributed by atoms with E-state index in [0.29, 0.717) is 19.6 Å². The zero-order chi connectivity index (χ0) is 17.9. The van der Waals surface area contributed by atoms with E-state index >= 15 is 0 Å². The fourth-order valence-corrected chi connectivity index (χ4v) is 3.94. The topological polar surface area (TPSA) is 67.7 Å². The van der Waals surface area contributed by atoms with Crippen LogP contribution < -0.4 is 0 Å². The zero-order valence-electron chi connectivity index (χ0n) is 15.2. The van der Waals surface area contributed by atoms with Crippen molar-refractivity contribution in [3.63, 3.8) is 0 Å². The highest BCUT2D eigenvalue weighted by molar-refractivity contribution is 5.80. The highest BCUT2D eigenvalue weighted by atomic mass is 16.5. The largest absolute Gasteiger partial charge is 0.385 e. The van der Waals surface area contributed by atoms with Crippen molar-refractivity contribution in [2.45, 2.75) is 39.2 Å². The molecule has 0 atom stereocenters. The van der Waals surface area contributed by atoms with Crippen molar-refractivity contribution in [1.29, 1.82) is 0 Å². The number of hydrogen-bond donors (Lipinski definition) is 0. The second-order valence-electron chi connectivity index (χ2n) is 7.35. The summed E-state index contributed by atoms with van der Waals surface area (Å²) in [7, 11) is 1.69. The average Bonchev–Trinajstić information content (AvgIpc) is 3.12. The molecule has 138 valence electrons. The molecule has 0 aliphatic carbocycles. The monoisotopic (exact) mass is 348 g/mol. The summed E-state index contributed by atoms with van der Waals surface area (Å²) in [4.78, 5) is 28.7. The molecule has 3 heterocycles. The van der Waals surface area contributed by atoms with Crippen molar-refractivity contribution in [2.75, 3.05) is 39.9 Å². The van der Waals surface area contributed by atoms with Gasteiger partial charge >= 0.3 is 0 Å². The first kappa shape index (κ1) is 17.9. The molecular weight excluding hydrogens is 320 g/mol. The summed E-state index contributed by atoms with van der Waals surface area (Å²) < 4.78 is 6.82. The van der Waals surface area contributed by atoms with Crippen LogP contribution in [0.5, 0.6) is 0 Å². The summed E-state index contributed by atoms with van der Waals surface area (Å²) in [5.41, 5.74) is 1.05. The average molecular weight is 348 g/mol. The fourth-order valence-electron chi connectivity index (χ4n) is 3.94. The van der Waals surface area contributed by atoms with Gasteiger partial charge in [-0.15, -0.1) is 0 Å². The van der Waals surface area contributed by atoms with E-state index < -0.39 is 0 Å². The van der Waals surface area contributed by atoms with E-state index in [4.69, 9.17) is 4.74 Å². The first-order chi connectivity index (χ1) is 12.0. The minimum atomic E-state index is 0.0581. The Morgan fingerprint density at radius 1 is 1.36 bits per heavy atom. The third-order valence-electron chi connectivity index (χ3n) is 5.57. The van der Waals surface area contributed by atoms with Gasteiger partial charge in [0.1, 0.15) is 6.54 Å². The van der Waals surface area contributed by atoms with Crippen LogP contribution in [0.15, 0.2) is 12.3 Å². The summed E-state index contributed by atoms with van der Waals surface area (Å²) in [6.07, 6.45) is 5.04. The number of aromatic nitrogens is 2. The Morgan fingerprint density at radius 3 is 2.76 bits per heavy atom. The molecular formula is C18H28N4O3. The molecule has 7 heteroatoms. The van der Waals surface area contributed by atoms with Gasteiger partial charge in [0, 0.05) is 63.6 Å². The highest BCUT2D eigenvalue weighted by Gasteiger charge is 2.45. The van der Waals surface area contributed by atoms with E-state index in [1.807, 2.05) is 22.8 Å². The first-order valence-electron chi connectivity index (χ1n) is 9.06. The van der Waals surface area contributed by atoms with E-state index in [2.05, 4.69) is 5.10 Å². The molecule has 2 fully saturated rings. The molecule has 0 aromatic carbocycles. The predicted molar refractivity (Wildman–Crippen MR) is 92.9 cm³/mol. The third-order valence-corrected chi connectivity index (χ3v) is 5.57. The predicted octanol–water partition coefficient (Wildman–Crippen LogP) is 1.07. The van der Waals surface area contributed by atoms with Crippen LogP contribution in [0.1, 0.15) is 31.4 Å². The lowest BCUT2D eigenvalue weighted by Crippen LogP contribution is -2.45. The maximum absolute atomic E-state index is 12.5. The molecule has 2 aliphatic rings. The minimum Gasteiger partial charge on any atom is -0.385 e. The standard InChI is InChI=1S/C18H28N4O3/c1-15-4-7-19-22(15)13-17(24)20-9-5-18(6-10-20)12-16(23)21(14-18)8-3-11-25-2/h4,7H,3,5-6,8-14H2,1-2H3. The number of nitrogens with zero attached hydrogens (tertiary/aromatic N) is 4. The summed E-state index contributed by atoms with van der Waals surface area (Å²) >= 11 is 0. The van der Waals surface area contributed by atoms with E-state index in [1.165, 1.54) is 0 Å². The number of piperidine rings is 1. The van der Waals surface area contributed by atoms with Gasteiger partial charge in [0.2, 0.25) is 11.8 Å². The van der Waals surface area contributed by atoms with Gasteiger partial charge in [0.25, 0.3) is 0 Å². The molecule has 0 bridgehead atoms. The van der Waals surface area contributed by atoms with Crippen molar-refractivity contribution >= 4 is 11.8 Å². The molecule has 25 heavy (non-hydrogen) atoms. The summed E-state index contributed by atoms with van der Waals surface area (Å²) in [5.74, 6) is 0.367. The molecule has 0 saturated carbocycles. The van der Waals surface area contributed by atoms with Crippen molar-refractivity contribution in [3.8, 4) is 0 Å². The molecule has 2 amide bonds. The number of rotatable bonds is 6. The van der Waals surface area contributed by atoms with Gasteiger partial charge in [-0.05, 0) is 32.3 Å². The van der Waals surface area contributed by atoms with Crippen molar-refractivity contribution < 1.29 is 14.3 Å². The number of hydrogen-bond acceptors (Lipinski definition) is 4. The van der Waals surface area contributed by atoms with Crippen molar-refractivity contribution in [2.24, 2.45) is 5.41 Å². The number of methoxy groups -OCH3 is 1. The van der Waals surface area contributed by atoms with E-state index in [0.717, 1.165) is 51.1 Å². The van der Waals surface area contributed by atoms with Crippen molar-refractivity contribution in [3.05, 3.63) is 18.0 Å². The van der Waals surface area contributed by atoms with Crippen molar-refractivity contribution in [1.82, 2.24) is 19.6 Å². The molecule has 2 aliphatic heterocycles. The van der Waals surface area contributed by atoms with Gasteiger partial charge in [-0.25, -0.2) is 0 Å². The van der Waals surface area contributed by atoms with E-state index in [1.54, 1.807) is 18.0 Å². The van der Waals surface area contributed by atoms with Crippen LogP contribution in [0.4, 0.5) is 0 Å². The Morgan fingerprint density at radius 2 is 2.12 bits per heavy atom. The quantitative estimate of drug-likeness (QED) is 0.721. The highest BCUT2D eigenvalue weighted by Crippen LogP contribution is 2.41. The number of aryl methyl sites for hydroxylation is 1. The normalized spacial score (nSPS) is 19.8. The zero-order valence-corrected chi connectivity index (χ0v) is 15.2. The number of likely N-dealkylation sites (tertiary alicyclic amines) is 2. The smallest absolute Gasteiger partial charge is 0.244 e. The van der Waals surface area contributed by atoms with Crippen LogP contribution in [-0.2, 0) is 20.9 Å². The molecule has 1 aromatic rings. The number of carbonyl (C=O) groups is 2.